The maximum Gasteiger partial charge on any atom is 0.263 e. The lowest BCUT2D eigenvalue weighted by Gasteiger charge is -2.12. The van der Waals surface area contributed by atoms with Crippen LogP contribution < -0.4 is 16.2 Å². The number of pyridine rings is 1. The molecule has 3 rings (SSSR count). The number of carbonyl (C=O) groups excluding carboxylic acids is 2. The summed E-state index contributed by atoms with van der Waals surface area (Å²) < 4.78 is 14.8. The molecule has 0 atom stereocenters. The summed E-state index contributed by atoms with van der Waals surface area (Å²) in [5, 5.41) is 5.26. The smallest absolute Gasteiger partial charge is 0.263 e. The minimum atomic E-state index is -0.555. The van der Waals surface area contributed by atoms with E-state index in [9.17, 15) is 18.8 Å². The molecule has 1 aromatic heterocycles. The lowest BCUT2D eigenvalue weighted by atomic mass is 10.1. The van der Waals surface area contributed by atoms with Gasteiger partial charge < -0.3 is 15.2 Å². The van der Waals surface area contributed by atoms with Gasteiger partial charge in [-0.1, -0.05) is 12.1 Å². The lowest BCUT2D eigenvalue weighted by molar-refractivity contribution is 0.0950. The molecule has 2 N–H and O–H groups in total. The van der Waals surface area contributed by atoms with Crippen molar-refractivity contribution < 1.29 is 14.0 Å². The first-order valence-corrected chi connectivity index (χ1v) is 8.41. The predicted molar refractivity (Wildman–Crippen MR) is 94.8 cm³/mol. The van der Waals surface area contributed by atoms with E-state index in [1.165, 1.54) is 29.9 Å². The average Bonchev–Trinajstić information content (AvgIpc) is 3.43. The maximum absolute atomic E-state index is 13.5. The van der Waals surface area contributed by atoms with Crippen molar-refractivity contribution >= 4 is 11.8 Å². The number of hydrogen-bond acceptors (Lipinski definition) is 3. The van der Waals surface area contributed by atoms with Gasteiger partial charge in [-0.15, -0.1) is 0 Å². The van der Waals surface area contributed by atoms with Crippen LogP contribution in [0.25, 0.3) is 0 Å². The van der Waals surface area contributed by atoms with Crippen LogP contribution in [0.1, 0.15) is 44.7 Å². The molecule has 26 heavy (non-hydrogen) atoms. The molecule has 0 unspecified atom stereocenters. The van der Waals surface area contributed by atoms with Gasteiger partial charge in [0.1, 0.15) is 11.4 Å². The second-order valence-electron chi connectivity index (χ2n) is 6.49. The van der Waals surface area contributed by atoms with Crippen molar-refractivity contribution in [1.29, 1.82) is 0 Å². The van der Waals surface area contributed by atoms with Crippen LogP contribution in [0.3, 0.4) is 0 Å². The van der Waals surface area contributed by atoms with Gasteiger partial charge >= 0.3 is 0 Å². The zero-order chi connectivity index (χ0) is 18.8. The Bertz CT molecular complexity index is 932. The SMILES string of the molecule is CNC(=O)c1cc(C(=O)NC2CC2)cn(Cc2ccc(F)c(C)c2)c1=O. The highest BCUT2D eigenvalue weighted by Crippen LogP contribution is 2.19. The van der Waals surface area contributed by atoms with Crippen molar-refractivity contribution in [3.8, 4) is 0 Å². The summed E-state index contributed by atoms with van der Waals surface area (Å²) in [6.07, 6.45) is 3.30. The number of aryl methyl sites for hydroxylation is 1. The minimum absolute atomic E-state index is 0.102. The van der Waals surface area contributed by atoms with E-state index < -0.39 is 11.5 Å². The van der Waals surface area contributed by atoms with Crippen LogP contribution in [0.2, 0.25) is 0 Å². The second-order valence-corrected chi connectivity index (χ2v) is 6.49. The van der Waals surface area contributed by atoms with E-state index in [0.717, 1.165) is 12.8 Å². The molecule has 136 valence electrons. The van der Waals surface area contributed by atoms with Gasteiger partial charge in [0, 0.05) is 19.3 Å². The van der Waals surface area contributed by atoms with Crippen LogP contribution >= 0.6 is 0 Å². The molecule has 1 aromatic carbocycles. The molecule has 1 fully saturated rings. The molecule has 1 heterocycles. The van der Waals surface area contributed by atoms with Crippen LogP contribution in [-0.2, 0) is 6.54 Å². The Kier molecular flexibility index (Phi) is 4.88. The summed E-state index contributed by atoms with van der Waals surface area (Å²) in [6.45, 7) is 1.77. The first-order chi connectivity index (χ1) is 12.4. The predicted octanol–water partition coefficient (Wildman–Crippen LogP) is 1.60. The Labute approximate surface area is 150 Å². The summed E-state index contributed by atoms with van der Waals surface area (Å²) in [7, 11) is 1.42. The van der Waals surface area contributed by atoms with Crippen LogP contribution in [0.4, 0.5) is 4.39 Å². The molecule has 0 bridgehead atoms. The largest absolute Gasteiger partial charge is 0.355 e. The van der Waals surface area contributed by atoms with Crippen molar-refractivity contribution in [1.82, 2.24) is 15.2 Å². The number of halogens is 1. The Morgan fingerprint density at radius 1 is 1.23 bits per heavy atom. The van der Waals surface area contributed by atoms with E-state index >= 15 is 0 Å². The third-order valence-corrected chi connectivity index (χ3v) is 4.31. The number of amides is 2. The van der Waals surface area contributed by atoms with Gasteiger partial charge in [0.05, 0.1) is 12.1 Å². The molecule has 0 radical (unpaired) electrons. The summed E-state index contributed by atoms with van der Waals surface area (Å²) in [5.74, 6) is -1.20. The number of nitrogens with one attached hydrogen (secondary N) is 2. The summed E-state index contributed by atoms with van der Waals surface area (Å²) in [4.78, 5) is 37.0. The number of carbonyl (C=O) groups is 2. The second kappa shape index (κ2) is 7.11. The van der Waals surface area contributed by atoms with Crippen LogP contribution in [0, 0.1) is 12.7 Å². The minimum Gasteiger partial charge on any atom is -0.355 e. The molecule has 0 saturated heterocycles. The summed E-state index contributed by atoms with van der Waals surface area (Å²) in [6, 6.07) is 6.01. The fourth-order valence-corrected chi connectivity index (χ4v) is 2.67. The van der Waals surface area contributed by atoms with Crippen molar-refractivity contribution in [2.45, 2.75) is 32.4 Å². The van der Waals surface area contributed by atoms with Gasteiger partial charge in [-0.3, -0.25) is 14.4 Å². The highest BCUT2D eigenvalue weighted by atomic mass is 19.1. The van der Waals surface area contributed by atoms with E-state index in [-0.39, 0.29) is 35.4 Å². The summed E-state index contributed by atoms with van der Waals surface area (Å²) in [5.41, 5.74) is 0.802. The third-order valence-electron chi connectivity index (χ3n) is 4.31. The van der Waals surface area contributed by atoms with Crippen LogP contribution in [-0.4, -0.2) is 29.5 Å². The number of benzene rings is 1. The lowest BCUT2D eigenvalue weighted by Crippen LogP contribution is -2.34. The van der Waals surface area contributed by atoms with E-state index in [4.69, 9.17) is 0 Å². The topological polar surface area (TPSA) is 80.2 Å². The number of hydrogen-bond donors (Lipinski definition) is 2. The highest BCUT2D eigenvalue weighted by molar-refractivity contribution is 5.99. The maximum atomic E-state index is 13.5. The van der Waals surface area contributed by atoms with Gasteiger partial charge in [-0.25, -0.2) is 4.39 Å². The standard InChI is InChI=1S/C19H20FN3O3/c1-11-7-12(3-6-16(11)20)9-23-10-13(17(24)22-14-4-5-14)8-15(19(23)26)18(25)21-2/h3,6-8,10,14H,4-5,9H2,1-2H3,(H,21,25)(H,22,24). The van der Waals surface area contributed by atoms with E-state index in [0.29, 0.717) is 11.1 Å². The first-order valence-electron chi connectivity index (χ1n) is 8.41. The molecule has 2 aromatic rings. The Balaban J connectivity index is 2.00. The Morgan fingerprint density at radius 3 is 2.58 bits per heavy atom. The molecule has 7 heteroatoms. The Hall–Kier alpha value is -2.96. The summed E-state index contributed by atoms with van der Waals surface area (Å²) >= 11 is 0. The van der Waals surface area contributed by atoms with E-state index in [1.807, 2.05) is 0 Å². The zero-order valence-electron chi connectivity index (χ0n) is 14.6. The fourth-order valence-electron chi connectivity index (χ4n) is 2.67. The molecule has 2 amide bonds. The van der Waals surface area contributed by atoms with Crippen molar-refractivity contribution in [2.24, 2.45) is 0 Å². The van der Waals surface area contributed by atoms with E-state index in [1.54, 1.807) is 19.1 Å². The number of aromatic nitrogens is 1. The highest BCUT2D eigenvalue weighted by Gasteiger charge is 2.25. The van der Waals surface area contributed by atoms with Crippen molar-refractivity contribution in [3.63, 3.8) is 0 Å². The molecule has 0 spiro atoms. The first kappa shape index (κ1) is 17.8. The molecule has 1 aliphatic rings. The molecule has 1 aliphatic carbocycles. The van der Waals surface area contributed by atoms with Gasteiger partial charge in [0.25, 0.3) is 17.4 Å². The quantitative estimate of drug-likeness (QED) is 0.853. The van der Waals surface area contributed by atoms with Crippen molar-refractivity contribution in [2.75, 3.05) is 7.05 Å². The molecule has 6 nitrogen and oxygen atoms in total. The van der Waals surface area contributed by atoms with E-state index in [2.05, 4.69) is 10.6 Å². The normalized spacial score (nSPS) is 13.3. The molecule has 0 aliphatic heterocycles. The molecule has 1 saturated carbocycles. The fraction of sp³-hybridized carbons (Fsp3) is 0.316. The third kappa shape index (κ3) is 3.82. The number of nitrogens with zero attached hydrogens (tertiary/aromatic N) is 1. The van der Waals surface area contributed by atoms with Crippen molar-refractivity contribution in [3.05, 3.63) is 68.9 Å². The average molecular weight is 357 g/mol. The molecular formula is C19H20FN3O3. The molecular weight excluding hydrogens is 337 g/mol. The van der Waals surface area contributed by atoms with Crippen LogP contribution in [0.15, 0.2) is 35.3 Å². The van der Waals surface area contributed by atoms with Crippen LogP contribution in [0.5, 0.6) is 0 Å². The zero-order valence-corrected chi connectivity index (χ0v) is 14.6. The van der Waals surface area contributed by atoms with Gasteiger partial charge in [-0.2, -0.15) is 0 Å². The van der Waals surface area contributed by atoms with Gasteiger partial charge in [-0.05, 0) is 43.0 Å². The monoisotopic (exact) mass is 357 g/mol. The number of rotatable bonds is 5. The Morgan fingerprint density at radius 2 is 1.96 bits per heavy atom. The van der Waals surface area contributed by atoms with Gasteiger partial charge in [0.15, 0.2) is 0 Å². The van der Waals surface area contributed by atoms with Gasteiger partial charge in [0.2, 0.25) is 0 Å².